The smallest absolute Gasteiger partial charge is 0.356 e. The van der Waals surface area contributed by atoms with Gasteiger partial charge in [0.2, 0.25) is 0 Å². The van der Waals surface area contributed by atoms with Gasteiger partial charge in [-0.05, 0) is 41.1 Å². The first kappa shape index (κ1) is 16.7. The van der Waals surface area contributed by atoms with Crippen LogP contribution in [-0.2, 0) is 14.8 Å². The Labute approximate surface area is 147 Å². The van der Waals surface area contributed by atoms with Crippen molar-refractivity contribution >= 4 is 42.8 Å². The standard InChI is InChI=1S/C16H13BrN2O4S/c1-2-23-16(20)14-8-12-13(17)10-19(15(12)9-18-14)24(21,22)11-6-4-3-5-7-11/h3-10H,2H2,1H3. The molecule has 24 heavy (non-hydrogen) atoms. The summed E-state index contributed by atoms with van der Waals surface area (Å²) >= 11 is 3.34. The van der Waals surface area contributed by atoms with Crippen LogP contribution < -0.4 is 0 Å². The Morgan fingerprint density at radius 1 is 1.29 bits per heavy atom. The number of carbonyl (C=O) groups excluding carboxylic acids is 1. The summed E-state index contributed by atoms with van der Waals surface area (Å²) in [4.78, 5) is 16.0. The molecule has 0 aliphatic carbocycles. The minimum Gasteiger partial charge on any atom is -0.461 e. The summed E-state index contributed by atoms with van der Waals surface area (Å²) in [6.45, 7) is 1.94. The number of hydrogen-bond donors (Lipinski definition) is 0. The van der Waals surface area contributed by atoms with E-state index in [2.05, 4.69) is 20.9 Å². The van der Waals surface area contributed by atoms with Crippen LogP contribution in [0, 0.1) is 0 Å². The number of nitrogens with zero attached hydrogens (tertiary/aromatic N) is 2. The number of ether oxygens (including phenoxy) is 1. The fraction of sp³-hybridized carbons (Fsp3) is 0.125. The molecule has 0 unspecified atom stereocenters. The molecule has 2 aromatic heterocycles. The third kappa shape index (κ3) is 2.83. The number of rotatable bonds is 4. The lowest BCUT2D eigenvalue weighted by Crippen LogP contribution is -2.12. The van der Waals surface area contributed by atoms with Crippen molar-refractivity contribution in [3.63, 3.8) is 0 Å². The van der Waals surface area contributed by atoms with Crippen LogP contribution in [0.1, 0.15) is 17.4 Å². The summed E-state index contributed by atoms with van der Waals surface area (Å²) in [6.07, 6.45) is 2.80. The molecule has 0 radical (unpaired) electrons. The Balaban J connectivity index is 2.16. The highest BCUT2D eigenvalue weighted by molar-refractivity contribution is 9.10. The van der Waals surface area contributed by atoms with Crippen LogP contribution in [0.2, 0.25) is 0 Å². The van der Waals surface area contributed by atoms with Gasteiger partial charge in [0.05, 0.1) is 23.2 Å². The molecule has 124 valence electrons. The quantitative estimate of drug-likeness (QED) is 0.619. The first-order valence-corrected chi connectivity index (χ1v) is 9.33. The molecule has 3 aromatic rings. The lowest BCUT2D eigenvalue weighted by Gasteiger charge is -2.07. The molecule has 0 fully saturated rings. The van der Waals surface area contributed by atoms with E-state index in [1.165, 1.54) is 30.6 Å². The molecule has 0 atom stereocenters. The second-order valence-electron chi connectivity index (χ2n) is 4.90. The monoisotopic (exact) mass is 408 g/mol. The molecule has 0 saturated heterocycles. The molecule has 3 rings (SSSR count). The van der Waals surface area contributed by atoms with Crippen molar-refractivity contribution in [2.45, 2.75) is 11.8 Å². The lowest BCUT2D eigenvalue weighted by molar-refractivity contribution is 0.0519. The molecule has 0 aliphatic rings. The molecule has 0 spiro atoms. The van der Waals surface area contributed by atoms with Gasteiger partial charge in [-0.1, -0.05) is 18.2 Å². The number of aromatic nitrogens is 2. The van der Waals surface area contributed by atoms with Crippen molar-refractivity contribution in [2.24, 2.45) is 0 Å². The van der Waals surface area contributed by atoms with Gasteiger partial charge >= 0.3 is 5.97 Å². The summed E-state index contributed by atoms with van der Waals surface area (Å²) in [5, 5.41) is 0.563. The molecule has 6 nitrogen and oxygen atoms in total. The van der Waals surface area contributed by atoms with E-state index in [0.717, 1.165) is 3.97 Å². The summed E-state index contributed by atoms with van der Waals surface area (Å²) in [7, 11) is -3.76. The third-order valence-electron chi connectivity index (χ3n) is 3.39. The van der Waals surface area contributed by atoms with Gasteiger partial charge in [0, 0.05) is 16.1 Å². The fourth-order valence-electron chi connectivity index (χ4n) is 2.28. The second-order valence-corrected chi connectivity index (χ2v) is 7.57. The number of carbonyl (C=O) groups is 1. The Hall–Kier alpha value is -2.19. The van der Waals surface area contributed by atoms with E-state index < -0.39 is 16.0 Å². The minimum absolute atomic E-state index is 0.125. The molecule has 0 N–H and O–H groups in total. The maximum atomic E-state index is 12.8. The van der Waals surface area contributed by atoms with Crippen LogP contribution in [0.5, 0.6) is 0 Å². The topological polar surface area (TPSA) is 78.3 Å². The predicted octanol–water partition coefficient (Wildman–Crippen LogP) is 3.21. The molecular formula is C16H13BrN2O4S. The van der Waals surface area contributed by atoms with E-state index in [9.17, 15) is 13.2 Å². The molecular weight excluding hydrogens is 396 g/mol. The average molecular weight is 409 g/mol. The van der Waals surface area contributed by atoms with E-state index in [4.69, 9.17) is 4.74 Å². The first-order chi connectivity index (χ1) is 11.4. The SMILES string of the molecule is CCOC(=O)c1cc2c(Br)cn(S(=O)(=O)c3ccccc3)c2cn1. The highest BCUT2D eigenvalue weighted by Crippen LogP contribution is 2.29. The van der Waals surface area contributed by atoms with Gasteiger partial charge in [-0.25, -0.2) is 22.2 Å². The zero-order valence-corrected chi connectivity index (χ0v) is 15.0. The number of halogens is 1. The van der Waals surface area contributed by atoms with Gasteiger partial charge < -0.3 is 4.74 Å². The molecule has 0 amide bonds. The van der Waals surface area contributed by atoms with Crippen LogP contribution in [0.3, 0.4) is 0 Å². The van der Waals surface area contributed by atoms with E-state index in [1.54, 1.807) is 25.1 Å². The second kappa shape index (κ2) is 6.37. The van der Waals surface area contributed by atoms with Gasteiger partial charge in [0.25, 0.3) is 10.0 Å². The van der Waals surface area contributed by atoms with Gasteiger partial charge in [0.1, 0.15) is 5.69 Å². The maximum absolute atomic E-state index is 12.8. The Kier molecular flexibility index (Phi) is 4.42. The van der Waals surface area contributed by atoms with Crippen molar-refractivity contribution in [3.05, 3.63) is 59.0 Å². The van der Waals surface area contributed by atoms with Crippen molar-refractivity contribution in [2.75, 3.05) is 6.61 Å². The van der Waals surface area contributed by atoms with E-state index in [-0.39, 0.29) is 17.2 Å². The molecule has 8 heteroatoms. The van der Waals surface area contributed by atoms with E-state index in [1.807, 2.05) is 0 Å². The van der Waals surface area contributed by atoms with Crippen LogP contribution >= 0.6 is 15.9 Å². The normalized spacial score (nSPS) is 11.6. The van der Waals surface area contributed by atoms with Crippen molar-refractivity contribution in [3.8, 4) is 0 Å². The largest absolute Gasteiger partial charge is 0.461 e. The van der Waals surface area contributed by atoms with Crippen LogP contribution in [-0.4, -0.2) is 30.0 Å². The first-order valence-electron chi connectivity index (χ1n) is 7.09. The van der Waals surface area contributed by atoms with Crippen molar-refractivity contribution in [1.82, 2.24) is 8.96 Å². The van der Waals surface area contributed by atoms with Crippen LogP contribution in [0.15, 0.2) is 58.2 Å². The molecule has 0 bridgehead atoms. The average Bonchev–Trinajstić information content (AvgIpc) is 2.93. The Morgan fingerprint density at radius 2 is 2.00 bits per heavy atom. The predicted molar refractivity (Wildman–Crippen MR) is 92.4 cm³/mol. The fourth-order valence-corrected chi connectivity index (χ4v) is 4.31. The summed E-state index contributed by atoms with van der Waals surface area (Å²) < 4.78 is 32.2. The number of hydrogen-bond acceptors (Lipinski definition) is 5. The molecule has 0 aliphatic heterocycles. The summed E-state index contributed by atoms with van der Waals surface area (Å²) in [5.74, 6) is -0.551. The van der Waals surface area contributed by atoms with Gasteiger partial charge in [0.15, 0.2) is 0 Å². The van der Waals surface area contributed by atoms with Gasteiger partial charge in [-0.3, -0.25) is 0 Å². The van der Waals surface area contributed by atoms with Gasteiger partial charge in [-0.15, -0.1) is 0 Å². The minimum atomic E-state index is -3.76. The highest BCUT2D eigenvalue weighted by Gasteiger charge is 2.22. The molecule has 1 aromatic carbocycles. The highest BCUT2D eigenvalue weighted by atomic mass is 79.9. The van der Waals surface area contributed by atoms with Crippen LogP contribution in [0.4, 0.5) is 0 Å². The third-order valence-corrected chi connectivity index (χ3v) is 5.71. The number of benzene rings is 1. The molecule has 2 heterocycles. The number of fused-ring (bicyclic) bond motifs is 1. The lowest BCUT2D eigenvalue weighted by atomic mass is 10.2. The number of esters is 1. The summed E-state index contributed by atoms with van der Waals surface area (Å²) in [6, 6.07) is 9.62. The van der Waals surface area contributed by atoms with Crippen LogP contribution in [0.25, 0.3) is 10.9 Å². The van der Waals surface area contributed by atoms with Crippen molar-refractivity contribution < 1.29 is 17.9 Å². The van der Waals surface area contributed by atoms with Gasteiger partial charge in [-0.2, -0.15) is 0 Å². The zero-order chi connectivity index (χ0) is 17.3. The van der Waals surface area contributed by atoms with E-state index >= 15 is 0 Å². The Morgan fingerprint density at radius 3 is 2.67 bits per heavy atom. The number of pyridine rings is 1. The van der Waals surface area contributed by atoms with Crippen molar-refractivity contribution in [1.29, 1.82) is 0 Å². The zero-order valence-electron chi connectivity index (χ0n) is 12.6. The Bertz CT molecular complexity index is 1010. The summed E-state index contributed by atoms with van der Waals surface area (Å²) in [5.41, 5.74) is 0.499. The maximum Gasteiger partial charge on any atom is 0.356 e. The molecule has 0 saturated carbocycles. The van der Waals surface area contributed by atoms with E-state index in [0.29, 0.717) is 15.4 Å².